The van der Waals surface area contributed by atoms with Gasteiger partial charge in [-0.2, -0.15) is 13.2 Å². The van der Waals surface area contributed by atoms with Crippen LogP contribution in [0.15, 0.2) is 35.6 Å². The Bertz CT molecular complexity index is 754. The fourth-order valence-corrected chi connectivity index (χ4v) is 2.82. The van der Waals surface area contributed by atoms with E-state index in [4.69, 9.17) is 5.73 Å². The molecule has 0 saturated heterocycles. The van der Waals surface area contributed by atoms with Gasteiger partial charge in [0.1, 0.15) is 18.9 Å². The van der Waals surface area contributed by atoms with Crippen molar-refractivity contribution in [3.8, 4) is 0 Å². The van der Waals surface area contributed by atoms with Gasteiger partial charge in [0.05, 0.1) is 0 Å². The van der Waals surface area contributed by atoms with Gasteiger partial charge in [0.2, 0.25) is 0 Å². The zero-order chi connectivity index (χ0) is 17.2. The maximum absolute atomic E-state index is 12.5. The van der Waals surface area contributed by atoms with E-state index >= 15 is 0 Å². The number of hydrogen-bond donors (Lipinski definition) is 2. The number of rotatable bonds is 4. The van der Waals surface area contributed by atoms with E-state index in [-0.39, 0.29) is 42.3 Å². The quantitative estimate of drug-likeness (QED) is 0.413. The van der Waals surface area contributed by atoms with Gasteiger partial charge in [0, 0.05) is 18.1 Å². The third-order valence-corrected chi connectivity index (χ3v) is 3.91. The van der Waals surface area contributed by atoms with Crippen LogP contribution in [0.4, 0.5) is 18.9 Å². The number of alkyl halides is 3. The number of halogens is 4. The van der Waals surface area contributed by atoms with Crippen LogP contribution in [0.3, 0.4) is 0 Å². The molecule has 0 saturated carbocycles. The third kappa shape index (κ3) is 5.35. The first-order valence-corrected chi connectivity index (χ1v) is 7.66. The van der Waals surface area contributed by atoms with Crippen molar-refractivity contribution in [1.29, 1.82) is 0 Å². The molecule has 136 valence electrons. The molecule has 5 nitrogen and oxygen atoms in total. The summed E-state index contributed by atoms with van der Waals surface area (Å²) in [7, 11) is 0. The Morgan fingerprint density at radius 1 is 1.28 bits per heavy atom. The molecule has 25 heavy (non-hydrogen) atoms. The molecule has 0 atom stereocenters. The standard InChI is InChI=1S/C16H18F3N5.HI/c17-16(18,19)10-24-7-6-21-14(24)9-22-15(20)23-13-5-4-11-2-1-3-12(11)8-13;/h4-8H,1-3,9-10H2,(H3,20,22,23);1H. The Labute approximate surface area is 160 Å². The molecule has 0 unspecified atom stereocenters. The number of imidazole rings is 1. The summed E-state index contributed by atoms with van der Waals surface area (Å²) >= 11 is 0. The fourth-order valence-electron chi connectivity index (χ4n) is 2.82. The van der Waals surface area contributed by atoms with Crippen LogP contribution in [0.2, 0.25) is 0 Å². The average Bonchev–Trinajstić information content (AvgIpc) is 3.12. The van der Waals surface area contributed by atoms with Gasteiger partial charge >= 0.3 is 6.18 Å². The number of nitrogens with one attached hydrogen (secondary N) is 1. The van der Waals surface area contributed by atoms with Gasteiger partial charge in [-0.1, -0.05) is 6.07 Å². The molecule has 0 bridgehead atoms. The van der Waals surface area contributed by atoms with E-state index in [2.05, 4.69) is 21.4 Å². The van der Waals surface area contributed by atoms with E-state index in [0.29, 0.717) is 0 Å². The van der Waals surface area contributed by atoms with E-state index in [9.17, 15) is 13.2 Å². The summed E-state index contributed by atoms with van der Waals surface area (Å²) < 4.78 is 38.4. The number of benzene rings is 1. The summed E-state index contributed by atoms with van der Waals surface area (Å²) in [6.45, 7) is -1.11. The third-order valence-electron chi connectivity index (χ3n) is 3.91. The highest BCUT2D eigenvalue weighted by Crippen LogP contribution is 2.24. The minimum atomic E-state index is -4.30. The van der Waals surface area contributed by atoms with Gasteiger partial charge in [-0.05, 0) is 42.5 Å². The number of nitrogens with two attached hydrogens (primary N) is 1. The number of hydrogen-bond acceptors (Lipinski definition) is 2. The lowest BCUT2D eigenvalue weighted by molar-refractivity contribution is -0.141. The summed E-state index contributed by atoms with van der Waals surface area (Å²) in [4.78, 5) is 7.98. The van der Waals surface area contributed by atoms with Crippen molar-refractivity contribution < 1.29 is 13.2 Å². The maximum atomic E-state index is 12.5. The minimum absolute atomic E-state index is 0. The predicted molar refractivity (Wildman–Crippen MR) is 101 cm³/mol. The summed E-state index contributed by atoms with van der Waals surface area (Å²) in [5.74, 6) is 0.362. The molecule has 0 spiro atoms. The van der Waals surface area contributed by atoms with Crippen LogP contribution < -0.4 is 11.1 Å². The summed E-state index contributed by atoms with van der Waals surface area (Å²) in [5, 5.41) is 2.97. The molecular formula is C16H19F3IN5. The largest absolute Gasteiger partial charge is 0.406 e. The average molecular weight is 465 g/mol. The molecule has 9 heteroatoms. The summed E-state index contributed by atoms with van der Waals surface area (Å²) in [6.07, 6.45) is 1.61. The van der Waals surface area contributed by atoms with Crippen molar-refractivity contribution in [3.05, 3.63) is 47.5 Å². The zero-order valence-electron chi connectivity index (χ0n) is 13.4. The van der Waals surface area contributed by atoms with Crippen LogP contribution in [0.25, 0.3) is 0 Å². The van der Waals surface area contributed by atoms with E-state index in [0.717, 1.165) is 29.5 Å². The lowest BCUT2D eigenvalue weighted by atomic mass is 10.1. The molecular weight excluding hydrogens is 446 g/mol. The Kier molecular flexibility index (Phi) is 6.31. The highest BCUT2D eigenvalue weighted by molar-refractivity contribution is 14.0. The number of aryl methyl sites for hydroxylation is 2. The number of aromatic nitrogens is 2. The first-order chi connectivity index (χ1) is 11.4. The second-order valence-corrected chi connectivity index (χ2v) is 5.75. The molecule has 3 rings (SSSR count). The molecule has 3 N–H and O–H groups in total. The molecule has 1 heterocycles. The number of nitrogens with zero attached hydrogens (tertiary/aromatic N) is 3. The normalized spacial score (nSPS) is 14.1. The monoisotopic (exact) mass is 465 g/mol. The van der Waals surface area contributed by atoms with Gasteiger partial charge in [-0.3, -0.25) is 0 Å². The van der Waals surface area contributed by atoms with E-state index < -0.39 is 12.7 Å². The van der Waals surface area contributed by atoms with Crippen molar-refractivity contribution in [3.63, 3.8) is 0 Å². The second kappa shape index (κ2) is 8.07. The van der Waals surface area contributed by atoms with Crippen molar-refractivity contribution in [2.45, 2.75) is 38.5 Å². The smallest absolute Gasteiger partial charge is 0.370 e. The van der Waals surface area contributed by atoms with E-state index in [1.165, 1.54) is 23.5 Å². The van der Waals surface area contributed by atoms with Crippen LogP contribution in [0, 0.1) is 0 Å². The fraction of sp³-hybridized carbons (Fsp3) is 0.375. The lowest BCUT2D eigenvalue weighted by Gasteiger charge is -2.10. The number of aliphatic imine (C=N–C) groups is 1. The number of guanidine groups is 1. The zero-order valence-corrected chi connectivity index (χ0v) is 15.7. The topological polar surface area (TPSA) is 68.2 Å². The van der Waals surface area contributed by atoms with Crippen molar-refractivity contribution in [2.75, 3.05) is 5.32 Å². The van der Waals surface area contributed by atoms with Crippen LogP contribution in [0.1, 0.15) is 23.4 Å². The van der Waals surface area contributed by atoms with Crippen molar-refractivity contribution in [2.24, 2.45) is 10.7 Å². The highest BCUT2D eigenvalue weighted by Gasteiger charge is 2.28. The lowest BCUT2D eigenvalue weighted by Crippen LogP contribution is -2.23. The highest BCUT2D eigenvalue weighted by atomic mass is 127. The minimum Gasteiger partial charge on any atom is -0.370 e. The van der Waals surface area contributed by atoms with Gasteiger partial charge in [0.15, 0.2) is 5.96 Å². The first-order valence-electron chi connectivity index (χ1n) is 7.66. The second-order valence-electron chi connectivity index (χ2n) is 5.75. The van der Waals surface area contributed by atoms with Crippen LogP contribution in [-0.2, 0) is 25.9 Å². The molecule has 0 aliphatic heterocycles. The summed E-state index contributed by atoms with van der Waals surface area (Å²) in [6, 6.07) is 6.03. The molecule has 0 fully saturated rings. The van der Waals surface area contributed by atoms with Gasteiger partial charge < -0.3 is 15.6 Å². The molecule has 0 amide bonds. The van der Waals surface area contributed by atoms with Crippen molar-refractivity contribution in [1.82, 2.24) is 9.55 Å². The Balaban J connectivity index is 0.00000225. The SMILES string of the molecule is I.NC(=NCc1nccn1CC(F)(F)F)Nc1ccc2c(c1)CCC2. The first kappa shape index (κ1) is 19.5. The number of fused-ring (bicyclic) bond motifs is 1. The molecule has 2 aromatic rings. The van der Waals surface area contributed by atoms with Gasteiger partial charge in [-0.15, -0.1) is 24.0 Å². The molecule has 0 radical (unpaired) electrons. The molecule has 1 aliphatic rings. The Hall–Kier alpha value is -1.78. The molecule has 1 aliphatic carbocycles. The van der Waals surface area contributed by atoms with E-state index in [1.54, 1.807) is 0 Å². The summed E-state index contributed by atoms with van der Waals surface area (Å²) in [5.41, 5.74) is 9.31. The molecule has 1 aromatic heterocycles. The van der Waals surface area contributed by atoms with E-state index in [1.807, 2.05) is 12.1 Å². The molecule has 1 aromatic carbocycles. The predicted octanol–water partition coefficient (Wildman–Crippen LogP) is 3.48. The van der Waals surface area contributed by atoms with Crippen LogP contribution in [0.5, 0.6) is 0 Å². The van der Waals surface area contributed by atoms with Gasteiger partial charge in [0.25, 0.3) is 0 Å². The maximum Gasteiger partial charge on any atom is 0.406 e. The Morgan fingerprint density at radius 2 is 2.04 bits per heavy atom. The van der Waals surface area contributed by atoms with Crippen molar-refractivity contribution >= 4 is 35.6 Å². The van der Waals surface area contributed by atoms with Crippen LogP contribution in [-0.4, -0.2) is 21.7 Å². The number of anilines is 1. The van der Waals surface area contributed by atoms with Crippen LogP contribution >= 0.6 is 24.0 Å². The Morgan fingerprint density at radius 3 is 2.80 bits per heavy atom. The van der Waals surface area contributed by atoms with Gasteiger partial charge in [-0.25, -0.2) is 9.98 Å².